The van der Waals surface area contributed by atoms with Crippen molar-refractivity contribution >= 4 is 5.91 Å². The Labute approximate surface area is 123 Å². The monoisotopic (exact) mass is 283 g/mol. The second-order valence-electron chi connectivity index (χ2n) is 5.08. The SMILES string of the molecule is O=C(NCc1ccc(CO)cc1)c1ccc2c(c1)CCO2. The molecule has 0 radical (unpaired) electrons. The highest BCUT2D eigenvalue weighted by Crippen LogP contribution is 2.25. The molecule has 0 unspecified atom stereocenters. The van der Waals surface area contributed by atoms with Crippen molar-refractivity contribution in [3.63, 3.8) is 0 Å². The predicted molar refractivity (Wildman–Crippen MR) is 79.2 cm³/mol. The number of nitrogens with one attached hydrogen (secondary N) is 1. The summed E-state index contributed by atoms with van der Waals surface area (Å²) < 4.78 is 5.43. The quantitative estimate of drug-likeness (QED) is 0.903. The fourth-order valence-corrected chi connectivity index (χ4v) is 2.37. The van der Waals surface area contributed by atoms with Gasteiger partial charge in [0.25, 0.3) is 5.91 Å². The molecule has 0 aromatic heterocycles. The average Bonchev–Trinajstić information content (AvgIpc) is 3.00. The molecule has 3 rings (SSSR count). The standard InChI is InChI=1S/C17H17NO3/c19-11-13-3-1-12(2-4-13)10-18-17(20)15-5-6-16-14(9-15)7-8-21-16/h1-6,9,19H,7-8,10-11H2,(H,18,20). The number of benzene rings is 2. The minimum atomic E-state index is -0.0871. The molecule has 1 amide bonds. The van der Waals surface area contributed by atoms with E-state index in [1.165, 1.54) is 0 Å². The van der Waals surface area contributed by atoms with Gasteiger partial charge in [0.15, 0.2) is 0 Å². The summed E-state index contributed by atoms with van der Waals surface area (Å²) >= 11 is 0. The van der Waals surface area contributed by atoms with E-state index in [4.69, 9.17) is 9.84 Å². The molecule has 21 heavy (non-hydrogen) atoms. The molecule has 2 N–H and O–H groups in total. The van der Waals surface area contributed by atoms with Gasteiger partial charge in [-0.3, -0.25) is 4.79 Å². The summed E-state index contributed by atoms with van der Waals surface area (Å²) in [5.74, 6) is 0.794. The molecule has 2 aromatic rings. The summed E-state index contributed by atoms with van der Waals surface area (Å²) in [5.41, 5.74) is 3.62. The summed E-state index contributed by atoms with van der Waals surface area (Å²) in [7, 11) is 0. The Morgan fingerprint density at radius 1 is 1.14 bits per heavy atom. The van der Waals surface area contributed by atoms with Gasteiger partial charge in [0.2, 0.25) is 0 Å². The van der Waals surface area contributed by atoms with Crippen LogP contribution in [0.4, 0.5) is 0 Å². The van der Waals surface area contributed by atoms with E-state index >= 15 is 0 Å². The maximum atomic E-state index is 12.1. The molecule has 0 bridgehead atoms. The second-order valence-corrected chi connectivity index (χ2v) is 5.08. The van der Waals surface area contributed by atoms with Crippen LogP contribution >= 0.6 is 0 Å². The molecule has 0 atom stereocenters. The van der Waals surface area contributed by atoms with Gasteiger partial charge in [0, 0.05) is 18.5 Å². The number of carbonyl (C=O) groups excluding carboxylic acids is 1. The number of aliphatic hydroxyl groups is 1. The highest BCUT2D eigenvalue weighted by atomic mass is 16.5. The van der Waals surface area contributed by atoms with Crippen molar-refractivity contribution < 1.29 is 14.6 Å². The van der Waals surface area contributed by atoms with Gasteiger partial charge < -0.3 is 15.2 Å². The number of ether oxygens (including phenoxy) is 1. The Kier molecular flexibility index (Phi) is 3.88. The smallest absolute Gasteiger partial charge is 0.251 e. The lowest BCUT2D eigenvalue weighted by Gasteiger charge is -2.07. The van der Waals surface area contributed by atoms with E-state index in [-0.39, 0.29) is 12.5 Å². The van der Waals surface area contributed by atoms with Crippen LogP contribution in [0.25, 0.3) is 0 Å². The van der Waals surface area contributed by atoms with E-state index < -0.39 is 0 Å². The predicted octanol–water partition coefficient (Wildman–Crippen LogP) is 2.04. The van der Waals surface area contributed by atoms with Gasteiger partial charge in [-0.1, -0.05) is 24.3 Å². The van der Waals surface area contributed by atoms with E-state index in [1.807, 2.05) is 36.4 Å². The zero-order valence-electron chi connectivity index (χ0n) is 11.6. The topological polar surface area (TPSA) is 58.6 Å². The van der Waals surface area contributed by atoms with Crippen molar-refractivity contribution in [2.75, 3.05) is 6.61 Å². The molecule has 1 aliphatic rings. The first kappa shape index (κ1) is 13.6. The highest BCUT2D eigenvalue weighted by Gasteiger charge is 2.14. The number of fused-ring (bicyclic) bond motifs is 1. The van der Waals surface area contributed by atoms with E-state index in [0.29, 0.717) is 18.7 Å². The van der Waals surface area contributed by atoms with Crippen molar-refractivity contribution in [1.29, 1.82) is 0 Å². The molecule has 0 aliphatic carbocycles. The lowest BCUT2D eigenvalue weighted by Crippen LogP contribution is -2.22. The van der Waals surface area contributed by atoms with Crippen molar-refractivity contribution in [2.45, 2.75) is 19.6 Å². The molecule has 0 fully saturated rings. The molecule has 0 spiro atoms. The van der Waals surface area contributed by atoms with Crippen LogP contribution in [-0.4, -0.2) is 17.6 Å². The number of hydrogen-bond donors (Lipinski definition) is 2. The first-order chi connectivity index (χ1) is 10.3. The lowest BCUT2D eigenvalue weighted by molar-refractivity contribution is 0.0951. The molecule has 1 heterocycles. The van der Waals surface area contributed by atoms with Gasteiger partial charge in [-0.2, -0.15) is 0 Å². The fourth-order valence-electron chi connectivity index (χ4n) is 2.37. The van der Waals surface area contributed by atoms with Crippen LogP contribution < -0.4 is 10.1 Å². The normalized spacial score (nSPS) is 12.6. The van der Waals surface area contributed by atoms with Crippen molar-refractivity contribution in [1.82, 2.24) is 5.32 Å². The van der Waals surface area contributed by atoms with Gasteiger partial charge >= 0.3 is 0 Å². The van der Waals surface area contributed by atoms with Crippen LogP contribution in [0.1, 0.15) is 27.0 Å². The maximum absolute atomic E-state index is 12.1. The molecule has 0 saturated carbocycles. The van der Waals surface area contributed by atoms with Gasteiger partial charge in [0.1, 0.15) is 5.75 Å². The van der Waals surface area contributed by atoms with Crippen molar-refractivity contribution in [3.8, 4) is 5.75 Å². The summed E-state index contributed by atoms with van der Waals surface area (Å²) in [6.45, 7) is 1.19. The third kappa shape index (κ3) is 3.06. The summed E-state index contributed by atoms with van der Waals surface area (Å²) in [5, 5.41) is 11.9. The van der Waals surface area contributed by atoms with Crippen LogP contribution in [0.5, 0.6) is 5.75 Å². The van der Waals surface area contributed by atoms with Crippen LogP contribution in [0, 0.1) is 0 Å². The Hall–Kier alpha value is -2.33. The first-order valence-electron chi connectivity index (χ1n) is 6.99. The highest BCUT2D eigenvalue weighted by molar-refractivity contribution is 5.94. The molecule has 4 nitrogen and oxygen atoms in total. The van der Waals surface area contributed by atoms with Crippen LogP contribution in [0.2, 0.25) is 0 Å². The summed E-state index contributed by atoms with van der Waals surface area (Å²) in [6, 6.07) is 13.1. The Morgan fingerprint density at radius 3 is 2.67 bits per heavy atom. The summed E-state index contributed by atoms with van der Waals surface area (Å²) in [6.07, 6.45) is 0.860. The van der Waals surface area contributed by atoms with Gasteiger partial charge in [-0.25, -0.2) is 0 Å². The van der Waals surface area contributed by atoms with Gasteiger partial charge in [-0.15, -0.1) is 0 Å². The molecule has 0 saturated heterocycles. The number of amides is 1. The fraction of sp³-hybridized carbons (Fsp3) is 0.235. The van der Waals surface area contributed by atoms with E-state index in [2.05, 4.69) is 5.32 Å². The zero-order chi connectivity index (χ0) is 14.7. The Balaban J connectivity index is 1.63. The lowest BCUT2D eigenvalue weighted by atomic mass is 10.1. The third-order valence-electron chi connectivity index (χ3n) is 3.61. The first-order valence-corrected chi connectivity index (χ1v) is 6.99. The van der Waals surface area contributed by atoms with E-state index in [0.717, 1.165) is 28.9 Å². The minimum Gasteiger partial charge on any atom is -0.493 e. The molecular weight excluding hydrogens is 266 g/mol. The number of carbonyl (C=O) groups is 1. The third-order valence-corrected chi connectivity index (χ3v) is 3.61. The Bertz CT molecular complexity index is 650. The molecule has 1 aliphatic heterocycles. The second kappa shape index (κ2) is 5.97. The number of rotatable bonds is 4. The largest absolute Gasteiger partial charge is 0.493 e. The maximum Gasteiger partial charge on any atom is 0.251 e. The molecular formula is C17H17NO3. The molecule has 2 aromatic carbocycles. The zero-order valence-corrected chi connectivity index (χ0v) is 11.6. The summed E-state index contributed by atoms with van der Waals surface area (Å²) in [4.78, 5) is 12.1. The van der Waals surface area contributed by atoms with Crippen LogP contribution in [0.3, 0.4) is 0 Å². The number of hydrogen-bond acceptors (Lipinski definition) is 3. The van der Waals surface area contributed by atoms with Crippen molar-refractivity contribution in [3.05, 3.63) is 64.7 Å². The van der Waals surface area contributed by atoms with Crippen molar-refractivity contribution in [2.24, 2.45) is 0 Å². The minimum absolute atomic E-state index is 0.0316. The van der Waals surface area contributed by atoms with Crippen LogP contribution in [-0.2, 0) is 19.6 Å². The number of aliphatic hydroxyl groups excluding tert-OH is 1. The van der Waals surface area contributed by atoms with E-state index in [1.54, 1.807) is 6.07 Å². The molecule has 108 valence electrons. The molecule has 4 heteroatoms. The average molecular weight is 283 g/mol. The van der Waals surface area contributed by atoms with E-state index in [9.17, 15) is 4.79 Å². The van der Waals surface area contributed by atoms with Crippen LogP contribution in [0.15, 0.2) is 42.5 Å². The Morgan fingerprint density at radius 2 is 1.90 bits per heavy atom. The van der Waals surface area contributed by atoms with Gasteiger partial charge in [-0.05, 0) is 34.9 Å². The van der Waals surface area contributed by atoms with Gasteiger partial charge in [0.05, 0.1) is 13.2 Å².